The van der Waals surface area contributed by atoms with Crippen LogP contribution < -0.4 is 0 Å². The minimum atomic E-state index is -0.869. The Morgan fingerprint density at radius 2 is 2.05 bits per heavy atom. The van der Waals surface area contributed by atoms with E-state index in [4.69, 9.17) is 4.74 Å². The topological polar surface area (TPSA) is 49.8 Å². The average molecular weight is 265 g/mol. The second-order valence-electron chi connectivity index (χ2n) is 5.08. The number of benzene rings is 1. The molecule has 1 aromatic rings. The number of methoxy groups -OCH3 is 1. The first kappa shape index (κ1) is 15.7. The summed E-state index contributed by atoms with van der Waals surface area (Å²) in [5.74, 6) is -0.333. The Morgan fingerprint density at radius 1 is 1.37 bits per heavy atom. The maximum absolute atomic E-state index is 11.2. The molecule has 1 N–H and O–H groups in total. The fourth-order valence-electron chi connectivity index (χ4n) is 2.08. The van der Waals surface area contributed by atoms with Gasteiger partial charge in [-0.05, 0) is 17.5 Å². The number of carboxylic acids is 1. The fraction of sp³-hybridized carbons (Fsp3) is 0.533. The van der Waals surface area contributed by atoms with Crippen LogP contribution in [0.5, 0.6) is 0 Å². The Kier molecular flexibility index (Phi) is 6.53. The van der Waals surface area contributed by atoms with Crippen molar-refractivity contribution < 1.29 is 14.6 Å². The van der Waals surface area contributed by atoms with E-state index in [1.165, 1.54) is 0 Å². The molecule has 0 aromatic heterocycles. The highest BCUT2D eigenvalue weighted by Gasteiger charge is 2.13. The van der Waals surface area contributed by atoms with Crippen LogP contribution in [0.4, 0.5) is 0 Å². The highest BCUT2D eigenvalue weighted by Crippen LogP contribution is 2.13. The molecular formula is C15H23NO3. The first-order valence-corrected chi connectivity index (χ1v) is 6.57. The van der Waals surface area contributed by atoms with Gasteiger partial charge < -0.3 is 9.84 Å². The largest absolute Gasteiger partial charge is 0.478 e. The van der Waals surface area contributed by atoms with Gasteiger partial charge in [-0.2, -0.15) is 0 Å². The van der Waals surface area contributed by atoms with E-state index in [2.05, 4.69) is 18.7 Å². The average Bonchev–Trinajstić information content (AvgIpc) is 2.35. The molecule has 1 rings (SSSR count). The molecule has 0 spiro atoms. The summed E-state index contributed by atoms with van der Waals surface area (Å²) in [6, 6.07) is 7.17. The van der Waals surface area contributed by atoms with Gasteiger partial charge in [-0.15, -0.1) is 0 Å². The van der Waals surface area contributed by atoms with Crippen LogP contribution in [-0.4, -0.2) is 42.8 Å². The Labute approximate surface area is 115 Å². The molecule has 0 aliphatic rings. The summed E-state index contributed by atoms with van der Waals surface area (Å²) in [6.45, 7) is 7.34. The predicted molar refractivity (Wildman–Crippen MR) is 75.4 cm³/mol. The number of aromatic carboxylic acids is 1. The van der Waals surface area contributed by atoms with Crippen molar-refractivity contribution in [3.8, 4) is 0 Å². The quantitative estimate of drug-likeness (QED) is 0.784. The molecule has 0 aliphatic heterocycles. The molecule has 0 amide bonds. The maximum Gasteiger partial charge on any atom is 0.336 e. The molecule has 0 bridgehead atoms. The van der Waals surface area contributed by atoms with Gasteiger partial charge in [0, 0.05) is 26.7 Å². The van der Waals surface area contributed by atoms with Gasteiger partial charge >= 0.3 is 5.97 Å². The molecule has 0 heterocycles. The van der Waals surface area contributed by atoms with Gasteiger partial charge in [-0.3, -0.25) is 4.90 Å². The van der Waals surface area contributed by atoms with E-state index in [-0.39, 0.29) is 0 Å². The highest BCUT2D eigenvalue weighted by atomic mass is 16.5. The van der Waals surface area contributed by atoms with Crippen LogP contribution in [0.2, 0.25) is 0 Å². The zero-order valence-corrected chi connectivity index (χ0v) is 11.9. The molecule has 1 aromatic carbocycles. The summed E-state index contributed by atoms with van der Waals surface area (Å²) in [4.78, 5) is 13.4. The monoisotopic (exact) mass is 265 g/mol. The van der Waals surface area contributed by atoms with Gasteiger partial charge in [0.2, 0.25) is 0 Å². The van der Waals surface area contributed by atoms with Crippen molar-refractivity contribution in [2.24, 2.45) is 5.92 Å². The van der Waals surface area contributed by atoms with Crippen LogP contribution in [0.3, 0.4) is 0 Å². The van der Waals surface area contributed by atoms with E-state index in [1.54, 1.807) is 19.2 Å². The van der Waals surface area contributed by atoms with Crippen molar-refractivity contribution in [3.05, 3.63) is 35.4 Å². The maximum atomic E-state index is 11.2. The molecule has 0 fully saturated rings. The number of rotatable bonds is 8. The van der Waals surface area contributed by atoms with E-state index in [0.29, 0.717) is 24.6 Å². The van der Waals surface area contributed by atoms with E-state index in [9.17, 15) is 9.90 Å². The van der Waals surface area contributed by atoms with Crippen LogP contribution in [-0.2, 0) is 11.3 Å². The summed E-state index contributed by atoms with van der Waals surface area (Å²) in [5.41, 5.74) is 1.24. The van der Waals surface area contributed by atoms with Crippen molar-refractivity contribution in [2.75, 3.05) is 26.8 Å². The van der Waals surface area contributed by atoms with Crippen molar-refractivity contribution in [1.82, 2.24) is 4.90 Å². The number of hydrogen-bond acceptors (Lipinski definition) is 3. The third-order valence-corrected chi connectivity index (χ3v) is 2.88. The minimum absolute atomic E-state index is 0.383. The predicted octanol–water partition coefficient (Wildman–Crippen LogP) is 2.49. The number of nitrogens with zero attached hydrogens (tertiary/aromatic N) is 1. The molecule has 0 saturated carbocycles. The first-order chi connectivity index (χ1) is 9.04. The Hall–Kier alpha value is -1.39. The van der Waals surface area contributed by atoms with Gasteiger partial charge in [0.25, 0.3) is 0 Å². The van der Waals surface area contributed by atoms with Crippen molar-refractivity contribution in [2.45, 2.75) is 20.4 Å². The van der Waals surface area contributed by atoms with E-state index >= 15 is 0 Å². The number of ether oxygens (including phenoxy) is 1. The fourth-order valence-corrected chi connectivity index (χ4v) is 2.08. The van der Waals surface area contributed by atoms with E-state index in [1.807, 2.05) is 12.1 Å². The van der Waals surface area contributed by atoms with Gasteiger partial charge in [0.15, 0.2) is 0 Å². The van der Waals surface area contributed by atoms with Crippen LogP contribution in [0.25, 0.3) is 0 Å². The molecule has 4 nitrogen and oxygen atoms in total. The van der Waals surface area contributed by atoms with Gasteiger partial charge in [-0.1, -0.05) is 32.0 Å². The van der Waals surface area contributed by atoms with E-state index in [0.717, 1.165) is 18.7 Å². The van der Waals surface area contributed by atoms with E-state index < -0.39 is 5.97 Å². The van der Waals surface area contributed by atoms with Crippen LogP contribution in [0.1, 0.15) is 29.8 Å². The van der Waals surface area contributed by atoms with Crippen molar-refractivity contribution in [3.63, 3.8) is 0 Å². The van der Waals surface area contributed by atoms with Gasteiger partial charge in [-0.25, -0.2) is 4.79 Å². The van der Waals surface area contributed by atoms with Crippen LogP contribution in [0, 0.1) is 5.92 Å². The Morgan fingerprint density at radius 3 is 2.63 bits per heavy atom. The second kappa shape index (κ2) is 7.92. The lowest BCUT2D eigenvalue weighted by Crippen LogP contribution is -2.31. The second-order valence-corrected chi connectivity index (χ2v) is 5.08. The summed E-state index contributed by atoms with van der Waals surface area (Å²) in [6.07, 6.45) is 0. The van der Waals surface area contributed by atoms with Gasteiger partial charge in [0.1, 0.15) is 0 Å². The summed E-state index contributed by atoms with van der Waals surface area (Å²) >= 11 is 0. The third-order valence-electron chi connectivity index (χ3n) is 2.88. The normalized spacial score (nSPS) is 11.2. The molecular weight excluding hydrogens is 242 g/mol. The minimum Gasteiger partial charge on any atom is -0.478 e. The molecule has 0 aliphatic carbocycles. The Bertz CT molecular complexity index is 404. The number of carbonyl (C=O) groups is 1. The summed E-state index contributed by atoms with van der Waals surface area (Å²) in [5, 5.41) is 9.19. The lowest BCUT2D eigenvalue weighted by molar-refractivity contribution is 0.0693. The zero-order valence-electron chi connectivity index (χ0n) is 11.9. The molecule has 0 atom stereocenters. The number of hydrogen-bond donors (Lipinski definition) is 1. The SMILES string of the molecule is COCCN(Cc1ccccc1C(=O)O)CC(C)C. The molecule has 0 radical (unpaired) electrons. The summed E-state index contributed by atoms with van der Waals surface area (Å²) in [7, 11) is 1.68. The zero-order chi connectivity index (χ0) is 14.3. The lowest BCUT2D eigenvalue weighted by atomic mass is 10.1. The third kappa shape index (κ3) is 5.41. The molecule has 106 valence electrons. The molecule has 0 unspecified atom stereocenters. The first-order valence-electron chi connectivity index (χ1n) is 6.57. The van der Waals surface area contributed by atoms with Crippen molar-refractivity contribution >= 4 is 5.97 Å². The molecule has 0 saturated heterocycles. The highest BCUT2D eigenvalue weighted by molar-refractivity contribution is 5.89. The van der Waals surface area contributed by atoms with Crippen LogP contribution >= 0.6 is 0 Å². The molecule has 19 heavy (non-hydrogen) atoms. The molecule has 4 heteroatoms. The van der Waals surface area contributed by atoms with Gasteiger partial charge in [0.05, 0.1) is 12.2 Å². The lowest BCUT2D eigenvalue weighted by Gasteiger charge is -2.24. The Balaban J connectivity index is 2.80. The van der Waals surface area contributed by atoms with Crippen molar-refractivity contribution in [1.29, 1.82) is 0 Å². The smallest absolute Gasteiger partial charge is 0.336 e. The standard InChI is InChI=1S/C15H23NO3/c1-12(2)10-16(8-9-19-3)11-13-6-4-5-7-14(13)15(17)18/h4-7,12H,8-11H2,1-3H3,(H,17,18). The number of carboxylic acid groups (broad SMARTS) is 1. The summed E-state index contributed by atoms with van der Waals surface area (Å²) < 4.78 is 5.11. The van der Waals surface area contributed by atoms with Crippen LogP contribution in [0.15, 0.2) is 24.3 Å².